The van der Waals surface area contributed by atoms with Gasteiger partial charge in [0, 0.05) is 25.3 Å². The van der Waals surface area contributed by atoms with E-state index in [2.05, 4.69) is 17.3 Å². The van der Waals surface area contributed by atoms with Crippen LogP contribution in [0.3, 0.4) is 0 Å². The highest BCUT2D eigenvalue weighted by atomic mass is 35.5. The molecule has 114 valence electrons. The Kier molecular flexibility index (Phi) is 7.02. The third-order valence-electron chi connectivity index (χ3n) is 3.68. The summed E-state index contributed by atoms with van der Waals surface area (Å²) in [5.74, 6) is 0.133. The van der Waals surface area contributed by atoms with Gasteiger partial charge in [-0.15, -0.1) is 12.4 Å². The summed E-state index contributed by atoms with van der Waals surface area (Å²) in [6, 6.07) is 0.374. The molecule has 0 saturated carbocycles. The summed E-state index contributed by atoms with van der Waals surface area (Å²) in [5, 5.41) is 7.55. The molecule has 0 spiro atoms. The molecule has 1 aromatic rings. The van der Waals surface area contributed by atoms with E-state index < -0.39 is 0 Å². The van der Waals surface area contributed by atoms with Gasteiger partial charge in [-0.3, -0.25) is 9.48 Å². The van der Waals surface area contributed by atoms with Crippen LogP contribution in [0.4, 0.5) is 0 Å². The van der Waals surface area contributed by atoms with Crippen molar-refractivity contribution in [2.24, 2.45) is 0 Å². The van der Waals surface area contributed by atoms with Crippen molar-refractivity contribution in [2.75, 3.05) is 19.6 Å². The molecule has 0 radical (unpaired) electrons. The predicted molar refractivity (Wildman–Crippen MR) is 82.4 cm³/mol. The standard InChI is InChI=1S/C14H24N4O.ClH/c1-3-9-18(13-5-7-15-8-6-13)14(19)12-10-16-17(4-2)11-12;/h10-11,13,15H,3-9H2,1-2H3;1H. The first-order valence-electron chi connectivity index (χ1n) is 7.30. The number of carbonyl (C=O) groups is 1. The normalized spacial score (nSPS) is 15.7. The van der Waals surface area contributed by atoms with Crippen LogP contribution in [0.2, 0.25) is 0 Å². The van der Waals surface area contributed by atoms with E-state index in [-0.39, 0.29) is 18.3 Å². The lowest BCUT2D eigenvalue weighted by atomic mass is 10.0. The quantitative estimate of drug-likeness (QED) is 0.904. The predicted octanol–water partition coefficient (Wildman–Crippen LogP) is 1.93. The third kappa shape index (κ3) is 3.96. The summed E-state index contributed by atoms with van der Waals surface area (Å²) in [7, 11) is 0. The molecule has 1 aromatic heterocycles. The van der Waals surface area contributed by atoms with E-state index in [1.54, 1.807) is 10.9 Å². The fourth-order valence-corrected chi connectivity index (χ4v) is 2.62. The number of rotatable bonds is 5. The first-order chi connectivity index (χ1) is 9.26. The Hall–Kier alpha value is -1.07. The van der Waals surface area contributed by atoms with Crippen molar-refractivity contribution < 1.29 is 4.79 Å². The molecule has 2 rings (SSSR count). The number of carbonyl (C=O) groups excluding carboxylic acids is 1. The van der Waals surface area contributed by atoms with E-state index in [0.29, 0.717) is 11.6 Å². The van der Waals surface area contributed by atoms with Crippen LogP contribution in [0, 0.1) is 0 Å². The number of halogens is 1. The maximum atomic E-state index is 12.6. The molecule has 20 heavy (non-hydrogen) atoms. The van der Waals surface area contributed by atoms with Crippen LogP contribution in [0.15, 0.2) is 12.4 Å². The summed E-state index contributed by atoms with van der Waals surface area (Å²) < 4.78 is 1.81. The van der Waals surface area contributed by atoms with Crippen molar-refractivity contribution in [3.8, 4) is 0 Å². The second-order valence-corrected chi connectivity index (χ2v) is 5.06. The minimum Gasteiger partial charge on any atom is -0.335 e. The Labute approximate surface area is 127 Å². The number of aryl methyl sites for hydroxylation is 1. The maximum absolute atomic E-state index is 12.6. The molecule has 0 bridgehead atoms. The molecule has 1 aliphatic rings. The van der Waals surface area contributed by atoms with Gasteiger partial charge < -0.3 is 10.2 Å². The summed E-state index contributed by atoms with van der Waals surface area (Å²) in [6.45, 7) is 7.79. The molecule has 0 aliphatic carbocycles. The Morgan fingerprint density at radius 2 is 2.15 bits per heavy atom. The first kappa shape index (κ1) is 17.0. The van der Waals surface area contributed by atoms with Crippen LogP contribution in [-0.4, -0.2) is 46.3 Å². The van der Waals surface area contributed by atoms with E-state index in [9.17, 15) is 4.79 Å². The molecule has 1 amide bonds. The Morgan fingerprint density at radius 1 is 1.45 bits per heavy atom. The third-order valence-corrected chi connectivity index (χ3v) is 3.68. The fourth-order valence-electron chi connectivity index (χ4n) is 2.62. The van der Waals surface area contributed by atoms with Gasteiger partial charge in [0.15, 0.2) is 0 Å². The molecule has 2 heterocycles. The van der Waals surface area contributed by atoms with Crippen LogP contribution >= 0.6 is 12.4 Å². The van der Waals surface area contributed by atoms with Gasteiger partial charge in [0.05, 0.1) is 11.8 Å². The van der Waals surface area contributed by atoms with Crippen LogP contribution < -0.4 is 5.32 Å². The average molecular weight is 301 g/mol. The second kappa shape index (κ2) is 8.27. The van der Waals surface area contributed by atoms with Crippen molar-refractivity contribution in [1.29, 1.82) is 0 Å². The zero-order valence-electron chi connectivity index (χ0n) is 12.3. The maximum Gasteiger partial charge on any atom is 0.257 e. The lowest BCUT2D eigenvalue weighted by molar-refractivity contribution is 0.0642. The summed E-state index contributed by atoms with van der Waals surface area (Å²) in [5.41, 5.74) is 0.717. The van der Waals surface area contributed by atoms with Gasteiger partial charge >= 0.3 is 0 Å². The molecular weight excluding hydrogens is 276 g/mol. The lowest BCUT2D eigenvalue weighted by Crippen LogP contribution is -2.46. The minimum atomic E-state index is 0. The molecule has 0 unspecified atom stereocenters. The zero-order chi connectivity index (χ0) is 13.7. The van der Waals surface area contributed by atoms with E-state index in [1.807, 2.05) is 18.0 Å². The first-order valence-corrected chi connectivity index (χ1v) is 7.30. The average Bonchev–Trinajstić information content (AvgIpc) is 2.94. The molecule has 0 atom stereocenters. The van der Waals surface area contributed by atoms with Gasteiger partial charge in [-0.05, 0) is 39.3 Å². The van der Waals surface area contributed by atoms with Crippen molar-refractivity contribution in [2.45, 2.75) is 45.7 Å². The Morgan fingerprint density at radius 3 is 2.70 bits per heavy atom. The molecule has 5 nitrogen and oxygen atoms in total. The van der Waals surface area contributed by atoms with Gasteiger partial charge in [0.1, 0.15) is 0 Å². The van der Waals surface area contributed by atoms with E-state index >= 15 is 0 Å². The summed E-state index contributed by atoms with van der Waals surface area (Å²) >= 11 is 0. The molecule has 0 aromatic carbocycles. The molecule has 1 aliphatic heterocycles. The number of aromatic nitrogens is 2. The Balaban J connectivity index is 0.00000200. The van der Waals surface area contributed by atoms with E-state index in [4.69, 9.17) is 0 Å². The van der Waals surface area contributed by atoms with Crippen LogP contribution in [-0.2, 0) is 6.54 Å². The SMILES string of the molecule is CCCN(C(=O)c1cnn(CC)c1)C1CCNCC1.Cl. The molecule has 6 heteroatoms. The van der Waals surface area contributed by atoms with Crippen LogP contribution in [0.1, 0.15) is 43.5 Å². The van der Waals surface area contributed by atoms with Gasteiger partial charge in [0.25, 0.3) is 5.91 Å². The fraction of sp³-hybridized carbons (Fsp3) is 0.714. The van der Waals surface area contributed by atoms with Crippen LogP contribution in [0.5, 0.6) is 0 Å². The highest BCUT2D eigenvalue weighted by Gasteiger charge is 2.26. The highest BCUT2D eigenvalue weighted by Crippen LogP contribution is 2.16. The highest BCUT2D eigenvalue weighted by molar-refractivity contribution is 5.94. The number of hydrogen-bond donors (Lipinski definition) is 1. The molecule has 1 saturated heterocycles. The number of hydrogen-bond acceptors (Lipinski definition) is 3. The largest absolute Gasteiger partial charge is 0.335 e. The zero-order valence-corrected chi connectivity index (χ0v) is 13.2. The van der Waals surface area contributed by atoms with Crippen molar-refractivity contribution >= 4 is 18.3 Å². The van der Waals surface area contributed by atoms with Gasteiger partial charge in [0.2, 0.25) is 0 Å². The van der Waals surface area contributed by atoms with Crippen molar-refractivity contribution in [1.82, 2.24) is 20.0 Å². The number of nitrogens with one attached hydrogen (secondary N) is 1. The topological polar surface area (TPSA) is 50.2 Å². The number of nitrogens with zero attached hydrogens (tertiary/aromatic N) is 3. The monoisotopic (exact) mass is 300 g/mol. The van der Waals surface area contributed by atoms with Gasteiger partial charge in [-0.2, -0.15) is 5.10 Å². The second-order valence-electron chi connectivity index (χ2n) is 5.06. The van der Waals surface area contributed by atoms with E-state index in [1.165, 1.54) is 0 Å². The van der Waals surface area contributed by atoms with Crippen molar-refractivity contribution in [3.05, 3.63) is 18.0 Å². The lowest BCUT2D eigenvalue weighted by Gasteiger charge is -2.34. The van der Waals surface area contributed by atoms with Gasteiger partial charge in [-0.1, -0.05) is 6.92 Å². The van der Waals surface area contributed by atoms with Gasteiger partial charge in [-0.25, -0.2) is 0 Å². The number of piperidine rings is 1. The summed E-state index contributed by atoms with van der Waals surface area (Å²) in [4.78, 5) is 14.7. The molecule has 1 fully saturated rings. The summed E-state index contributed by atoms with van der Waals surface area (Å²) in [6.07, 6.45) is 6.64. The Bertz CT molecular complexity index is 415. The molecule has 1 N–H and O–H groups in total. The van der Waals surface area contributed by atoms with Crippen LogP contribution in [0.25, 0.3) is 0 Å². The van der Waals surface area contributed by atoms with Crippen molar-refractivity contribution in [3.63, 3.8) is 0 Å². The smallest absolute Gasteiger partial charge is 0.257 e. The number of amides is 1. The minimum absolute atomic E-state index is 0. The molecular formula is C14H25ClN4O. The van der Waals surface area contributed by atoms with E-state index in [0.717, 1.165) is 45.4 Å².